The predicted molar refractivity (Wildman–Crippen MR) is 109 cm³/mol. The molecule has 0 unspecified atom stereocenters. The van der Waals surface area contributed by atoms with Crippen LogP contribution in [-0.2, 0) is 4.79 Å². The van der Waals surface area contributed by atoms with Crippen molar-refractivity contribution in [1.82, 2.24) is 9.97 Å². The van der Waals surface area contributed by atoms with Gasteiger partial charge < -0.3 is 15.0 Å². The number of nitrogens with one attached hydrogen (secondary N) is 3. The van der Waals surface area contributed by atoms with Crippen LogP contribution >= 0.6 is 11.9 Å². The molecular formula is C20H22N4OS. The van der Waals surface area contributed by atoms with Crippen LogP contribution in [0.3, 0.4) is 0 Å². The molecule has 4 rings (SSSR count). The van der Waals surface area contributed by atoms with Crippen LogP contribution in [0.15, 0.2) is 36.5 Å². The fourth-order valence-corrected chi connectivity index (χ4v) is 3.54. The molecule has 1 aliphatic carbocycles. The van der Waals surface area contributed by atoms with Crippen LogP contribution in [-0.4, -0.2) is 21.6 Å². The number of hydrogen-bond donors (Lipinski definition) is 3. The summed E-state index contributed by atoms with van der Waals surface area (Å²) in [7, 11) is 0. The summed E-state index contributed by atoms with van der Waals surface area (Å²) in [6.07, 6.45) is 3.84. The molecule has 1 amide bonds. The van der Waals surface area contributed by atoms with Gasteiger partial charge in [0.1, 0.15) is 11.5 Å². The minimum Gasteiger partial charge on any atom is -0.346 e. The van der Waals surface area contributed by atoms with Crippen molar-refractivity contribution in [2.75, 3.05) is 15.8 Å². The fraction of sp³-hybridized carbons (Fsp3) is 0.300. The van der Waals surface area contributed by atoms with Gasteiger partial charge in [0.25, 0.3) is 0 Å². The lowest BCUT2D eigenvalue weighted by Gasteiger charge is -2.12. The van der Waals surface area contributed by atoms with Crippen molar-refractivity contribution in [2.24, 2.45) is 5.92 Å². The predicted octanol–water partition coefficient (Wildman–Crippen LogP) is 4.97. The second kappa shape index (κ2) is 7.03. The van der Waals surface area contributed by atoms with Crippen LogP contribution in [0.5, 0.6) is 0 Å². The second-order valence-electron chi connectivity index (χ2n) is 6.62. The van der Waals surface area contributed by atoms with Crippen molar-refractivity contribution >= 4 is 40.4 Å². The summed E-state index contributed by atoms with van der Waals surface area (Å²) in [5, 5.41) is 4.02. The average molecular weight is 366 g/mol. The molecular weight excluding hydrogens is 344 g/mol. The first-order chi connectivity index (χ1) is 12.7. The van der Waals surface area contributed by atoms with Gasteiger partial charge >= 0.3 is 0 Å². The molecule has 0 saturated heterocycles. The molecule has 2 heterocycles. The first-order valence-corrected chi connectivity index (χ1v) is 9.92. The highest BCUT2D eigenvalue weighted by molar-refractivity contribution is 8.00. The van der Waals surface area contributed by atoms with Gasteiger partial charge in [-0.25, -0.2) is 4.98 Å². The van der Waals surface area contributed by atoms with Crippen LogP contribution < -0.4 is 10.0 Å². The van der Waals surface area contributed by atoms with E-state index in [1.807, 2.05) is 18.3 Å². The highest BCUT2D eigenvalue weighted by Gasteiger charge is 2.30. The third kappa shape index (κ3) is 3.42. The minimum absolute atomic E-state index is 0.0710. The van der Waals surface area contributed by atoms with Crippen LogP contribution in [0.1, 0.15) is 25.3 Å². The van der Waals surface area contributed by atoms with Crippen molar-refractivity contribution < 1.29 is 4.79 Å². The molecule has 0 aliphatic heterocycles. The Morgan fingerprint density at radius 2 is 2.15 bits per heavy atom. The Labute approximate surface area is 157 Å². The summed E-state index contributed by atoms with van der Waals surface area (Å²) in [6, 6.07) is 10.4. The normalized spacial score (nSPS) is 13.8. The quantitative estimate of drug-likeness (QED) is 0.539. The molecule has 1 aliphatic rings. The lowest BCUT2D eigenvalue weighted by molar-refractivity contribution is -0.117. The van der Waals surface area contributed by atoms with E-state index in [9.17, 15) is 4.79 Å². The summed E-state index contributed by atoms with van der Waals surface area (Å²) in [6.45, 7) is 4.23. The largest absolute Gasteiger partial charge is 0.346 e. The second-order valence-corrected chi connectivity index (χ2v) is 7.69. The van der Waals surface area contributed by atoms with Crippen molar-refractivity contribution in [3.8, 4) is 11.1 Å². The summed E-state index contributed by atoms with van der Waals surface area (Å²) in [4.78, 5) is 19.8. The van der Waals surface area contributed by atoms with Crippen molar-refractivity contribution in [3.63, 3.8) is 0 Å². The lowest BCUT2D eigenvalue weighted by Crippen LogP contribution is -2.14. The van der Waals surface area contributed by atoms with Crippen LogP contribution in [0.4, 0.5) is 11.5 Å². The number of fused-ring (bicyclic) bond motifs is 1. The van der Waals surface area contributed by atoms with E-state index < -0.39 is 0 Å². The lowest BCUT2D eigenvalue weighted by atomic mass is 10.0. The van der Waals surface area contributed by atoms with Gasteiger partial charge in [0.05, 0.1) is 0 Å². The van der Waals surface area contributed by atoms with E-state index in [-0.39, 0.29) is 11.8 Å². The molecule has 0 radical (unpaired) electrons. The SMILES string of the molecule is CCSNc1ccc(-c2cc(NC(=O)C3CC3)nc3[nH]ccc23)cc1C. The number of aromatic amines is 1. The first-order valence-electron chi connectivity index (χ1n) is 8.93. The Morgan fingerprint density at radius 1 is 1.31 bits per heavy atom. The van der Waals surface area contributed by atoms with E-state index in [2.05, 4.69) is 52.1 Å². The number of anilines is 2. The Morgan fingerprint density at radius 3 is 2.88 bits per heavy atom. The van der Waals surface area contributed by atoms with Gasteiger partial charge in [0.2, 0.25) is 5.91 Å². The molecule has 0 spiro atoms. The number of amides is 1. The first kappa shape index (κ1) is 17.0. The molecule has 134 valence electrons. The van der Waals surface area contributed by atoms with Gasteiger partial charge in [0, 0.05) is 28.9 Å². The molecule has 5 nitrogen and oxygen atoms in total. The van der Waals surface area contributed by atoms with Crippen LogP contribution in [0.2, 0.25) is 0 Å². The summed E-state index contributed by atoms with van der Waals surface area (Å²) in [5.74, 6) is 1.85. The molecule has 26 heavy (non-hydrogen) atoms. The third-order valence-corrected chi connectivity index (χ3v) is 5.24. The number of benzene rings is 1. The minimum atomic E-state index is 0.0710. The van der Waals surface area contributed by atoms with Gasteiger partial charge in [-0.3, -0.25) is 4.79 Å². The van der Waals surface area contributed by atoms with Crippen molar-refractivity contribution in [1.29, 1.82) is 0 Å². The number of carbonyl (C=O) groups is 1. The fourth-order valence-electron chi connectivity index (χ4n) is 3.01. The molecule has 0 atom stereocenters. The standard InChI is InChI=1S/C20H22N4OS/c1-3-26-24-17-7-6-14(10-12(17)2)16-11-18(23-20(25)13-4-5-13)22-19-15(16)8-9-21-19/h6-11,13,24H,3-5H2,1-2H3,(H2,21,22,23,25). The third-order valence-electron chi connectivity index (χ3n) is 4.59. The van der Waals surface area contributed by atoms with Gasteiger partial charge in [0.15, 0.2) is 0 Å². The highest BCUT2D eigenvalue weighted by atomic mass is 32.2. The Bertz CT molecular complexity index is 962. The average Bonchev–Trinajstić information content (AvgIpc) is 3.38. The number of H-pyrrole nitrogens is 1. The van der Waals surface area contributed by atoms with Gasteiger partial charge in [-0.05, 0) is 60.7 Å². The van der Waals surface area contributed by atoms with E-state index in [1.165, 1.54) is 5.56 Å². The van der Waals surface area contributed by atoms with Gasteiger partial charge in [-0.2, -0.15) is 0 Å². The van der Waals surface area contributed by atoms with E-state index in [1.54, 1.807) is 11.9 Å². The molecule has 1 saturated carbocycles. The molecule has 3 aromatic rings. The van der Waals surface area contributed by atoms with E-state index >= 15 is 0 Å². The molecule has 1 fully saturated rings. The molecule has 0 bridgehead atoms. The topological polar surface area (TPSA) is 69.8 Å². The maximum absolute atomic E-state index is 12.1. The number of aryl methyl sites for hydroxylation is 1. The van der Waals surface area contributed by atoms with E-state index in [0.717, 1.165) is 46.4 Å². The van der Waals surface area contributed by atoms with E-state index in [0.29, 0.717) is 5.82 Å². The van der Waals surface area contributed by atoms with E-state index in [4.69, 9.17) is 0 Å². The zero-order valence-electron chi connectivity index (χ0n) is 14.9. The highest BCUT2D eigenvalue weighted by Crippen LogP contribution is 2.34. The molecule has 6 heteroatoms. The Hall–Kier alpha value is -2.47. The molecule has 3 N–H and O–H groups in total. The molecule has 1 aromatic carbocycles. The maximum atomic E-state index is 12.1. The maximum Gasteiger partial charge on any atom is 0.228 e. The summed E-state index contributed by atoms with van der Waals surface area (Å²) in [5.41, 5.74) is 5.29. The number of hydrogen-bond acceptors (Lipinski definition) is 4. The summed E-state index contributed by atoms with van der Waals surface area (Å²) >= 11 is 1.69. The number of aromatic nitrogens is 2. The van der Waals surface area contributed by atoms with Crippen LogP contribution in [0.25, 0.3) is 22.2 Å². The zero-order chi connectivity index (χ0) is 18.1. The molecule has 2 aromatic heterocycles. The number of rotatable bonds is 6. The summed E-state index contributed by atoms with van der Waals surface area (Å²) < 4.78 is 3.37. The van der Waals surface area contributed by atoms with Gasteiger partial charge in [-0.1, -0.05) is 24.9 Å². The van der Waals surface area contributed by atoms with Crippen molar-refractivity contribution in [3.05, 3.63) is 42.1 Å². The van der Waals surface area contributed by atoms with Crippen LogP contribution in [0, 0.1) is 12.8 Å². The zero-order valence-corrected chi connectivity index (χ0v) is 15.7. The van der Waals surface area contributed by atoms with Crippen molar-refractivity contribution in [2.45, 2.75) is 26.7 Å². The van der Waals surface area contributed by atoms with Gasteiger partial charge in [-0.15, -0.1) is 0 Å². The smallest absolute Gasteiger partial charge is 0.228 e. The number of carbonyl (C=O) groups excluding carboxylic acids is 1. The monoisotopic (exact) mass is 366 g/mol. The Balaban J connectivity index is 1.71. The number of nitrogens with zero attached hydrogens (tertiary/aromatic N) is 1. The Kier molecular flexibility index (Phi) is 4.59. The number of pyridine rings is 1.